The van der Waals surface area contributed by atoms with Crippen LogP contribution < -0.4 is 21.2 Å². The minimum Gasteiger partial charge on any atom is -0.744 e. The summed E-state index contributed by atoms with van der Waals surface area (Å²) in [4.78, 5) is -0.178. The van der Waals surface area contributed by atoms with Crippen LogP contribution >= 0.6 is 0 Å². The van der Waals surface area contributed by atoms with Crippen LogP contribution in [0.15, 0.2) is 77.7 Å². The number of benzene rings is 3. The molecule has 0 atom stereocenters. The van der Waals surface area contributed by atoms with E-state index >= 15 is 0 Å². The highest BCUT2D eigenvalue weighted by atomic mass is 127. The first kappa shape index (κ1) is 20.6. The molecule has 0 heterocycles. The topological polar surface area (TPSA) is 57.2 Å². The molecule has 0 amide bonds. The van der Waals surface area contributed by atoms with Gasteiger partial charge in [-0.25, -0.2) is 8.42 Å². The van der Waals surface area contributed by atoms with E-state index in [0.717, 1.165) is 5.56 Å². The van der Waals surface area contributed by atoms with Crippen molar-refractivity contribution in [2.45, 2.75) is 25.7 Å². The molecule has 3 nitrogen and oxygen atoms in total. The van der Waals surface area contributed by atoms with Crippen LogP contribution in [0.3, 0.4) is 0 Å². The van der Waals surface area contributed by atoms with Gasteiger partial charge in [0.15, 0.2) is 7.14 Å². The zero-order valence-corrected chi connectivity index (χ0v) is 17.9. The van der Waals surface area contributed by atoms with Crippen LogP contribution in [0.1, 0.15) is 16.7 Å². The fraction of sp³-hybridized carbons (Fsp3) is 0.143. The van der Waals surface area contributed by atoms with E-state index in [2.05, 4.69) is 62.4 Å². The number of halogens is 1. The summed E-state index contributed by atoms with van der Waals surface area (Å²) >= 11 is 0.00313. The molecular weight excluding hydrogens is 459 g/mol. The molecule has 3 rings (SSSR count). The Balaban J connectivity index is 0.000000197. The van der Waals surface area contributed by atoms with Crippen molar-refractivity contribution in [3.8, 4) is 0 Å². The monoisotopic (exact) mass is 480 g/mol. The summed E-state index contributed by atoms with van der Waals surface area (Å²) in [5, 5.41) is 0. The van der Waals surface area contributed by atoms with E-state index < -0.39 is 10.1 Å². The standard InChI is InChI=1S/C14H14I.C7H8O3S/c1-11-3-7-13(8-4-11)15-14-9-5-12(2)6-10-14;1-6-2-4-7(5-3-6)11(8,9)10/h3-10H,1-2H3;2-5H,1H3,(H,8,9,10)/q+1;/p-1. The quantitative estimate of drug-likeness (QED) is 0.420. The highest BCUT2D eigenvalue weighted by Crippen LogP contribution is 2.08. The molecule has 0 saturated carbocycles. The molecule has 0 fully saturated rings. The third kappa shape index (κ3) is 6.90. The van der Waals surface area contributed by atoms with Crippen LogP contribution in [-0.4, -0.2) is 13.0 Å². The lowest BCUT2D eigenvalue weighted by Gasteiger charge is -2.05. The van der Waals surface area contributed by atoms with E-state index in [1.807, 2.05) is 6.92 Å². The predicted octanol–water partition coefficient (Wildman–Crippen LogP) is 1.33. The second kappa shape index (κ2) is 9.30. The van der Waals surface area contributed by atoms with Gasteiger partial charge in [0, 0.05) is 0 Å². The Kier molecular flexibility index (Phi) is 7.37. The van der Waals surface area contributed by atoms with Crippen LogP contribution in [0.5, 0.6) is 0 Å². The zero-order valence-electron chi connectivity index (χ0n) is 14.9. The van der Waals surface area contributed by atoms with Crippen molar-refractivity contribution in [3.05, 3.63) is 96.6 Å². The molecule has 0 aliphatic rings. The maximum absolute atomic E-state index is 10.4. The van der Waals surface area contributed by atoms with Crippen LogP contribution in [0.25, 0.3) is 0 Å². The van der Waals surface area contributed by atoms with Crippen LogP contribution in [0.4, 0.5) is 0 Å². The van der Waals surface area contributed by atoms with Gasteiger partial charge in [0.05, 0.1) is 4.90 Å². The summed E-state index contributed by atoms with van der Waals surface area (Å²) in [5.41, 5.74) is 3.61. The number of aryl methyl sites for hydroxylation is 3. The van der Waals surface area contributed by atoms with E-state index in [9.17, 15) is 13.0 Å². The fourth-order valence-corrected chi connectivity index (χ4v) is 4.65. The molecule has 3 aromatic rings. The minimum absolute atomic E-state index is 0.00313. The van der Waals surface area contributed by atoms with Crippen molar-refractivity contribution >= 4 is 10.1 Å². The summed E-state index contributed by atoms with van der Waals surface area (Å²) < 4.78 is 34.1. The average molecular weight is 480 g/mol. The SMILES string of the molecule is Cc1ccc(S(=O)(=O)[O-])cc1.Cc1ccc([I+]c2ccc(C)cc2)cc1. The van der Waals surface area contributed by atoms with E-state index in [-0.39, 0.29) is 26.1 Å². The first-order chi connectivity index (χ1) is 12.2. The Bertz CT molecular complexity index is 887. The van der Waals surface area contributed by atoms with Gasteiger partial charge in [-0.2, -0.15) is 0 Å². The van der Waals surface area contributed by atoms with Crippen LogP contribution in [0.2, 0.25) is 0 Å². The predicted molar refractivity (Wildman–Crippen MR) is 98.9 cm³/mol. The van der Waals surface area contributed by atoms with Gasteiger partial charge in [0.2, 0.25) is 0 Å². The van der Waals surface area contributed by atoms with Gasteiger partial charge in [-0.3, -0.25) is 0 Å². The molecule has 0 N–H and O–H groups in total. The van der Waals surface area contributed by atoms with Gasteiger partial charge in [-0.05, 0) is 57.2 Å². The molecular formula is C21H21IO3S. The van der Waals surface area contributed by atoms with Gasteiger partial charge >= 0.3 is 21.2 Å². The highest BCUT2D eigenvalue weighted by molar-refractivity contribution is 7.85. The normalized spacial score (nSPS) is 10.8. The minimum atomic E-state index is -4.27. The molecule has 0 bridgehead atoms. The largest absolute Gasteiger partial charge is 0.744 e. The summed E-state index contributed by atoms with van der Waals surface area (Å²) in [6, 6.07) is 23.6. The summed E-state index contributed by atoms with van der Waals surface area (Å²) in [6.45, 7) is 6.09. The molecule has 0 aliphatic heterocycles. The van der Waals surface area contributed by atoms with E-state index in [1.165, 1.54) is 30.4 Å². The third-order valence-electron chi connectivity index (χ3n) is 3.55. The molecule has 0 aromatic heterocycles. The molecule has 0 saturated heterocycles. The molecule has 3 aromatic carbocycles. The fourth-order valence-electron chi connectivity index (χ4n) is 2.02. The summed E-state index contributed by atoms with van der Waals surface area (Å²) in [5.74, 6) is 0. The Morgan fingerprint density at radius 3 is 1.23 bits per heavy atom. The maximum atomic E-state index is 10.4. The van der Waals surface area contributed by atoms with Crippen molar-refractivity contribution in [2.75, 3.05) is 0 Å². The molecule has 0 spiro atoms. The molecule has 0 radical (unpaired) electrons. The van der Waals surface area contributed by atoms with Gasteiger partial charge in [-0.1, -0.05) is 53.1 Å². The van der Waals surface area contributed by atoms with Crippen LogP contribution in [0, 0.1) is 27.9 Å². The Hall–Kier alpha value is -1.70. The molecule has 0 unspecified atom stereocenters. The smallest absolute Gasteiger partial charge is 0.357 e. The van der Waals surface area contributed by atoms with Crippen molar-refractivity contribution in [3.63, 3.8) is 0 Å². The highest BCUT2D eigenvalue weighted by Gasteiger charge is 2.13. The summed E-state index contributed by atoms with van der Waals surface area (Å²) in [7, 11) is -4.27. The lowest BCUT2D eigenvalue weighted by molar-refractivity contribution is -0.597. The van der Waals surface area contributed by atoms with E-state index in [1.54, 1.807) is 12.1 Å². The zero-order chi connectivity index (χ0) is 19.2. The van der Waals surface area contributed by atoms with Gasteiger partial charge in [-0.15, -0.1) is 0 Å². The molecule has 0 aliphatic carbocycles. The van der Waals surface area contributed by atoms with Gasteiger partial charge in [0.25, 0.3) is 0 Å². The number of hydrogen-bond acceptors (Lipinski definition) is 3. The van der Waals surface area contributed by atoms with Crippen LogP contribution in [-0.2, 0) is 10.1 Å². The van der Waals surface area contributed by atoms with Gasteiger partial charge < -0.3 is 4.55 Å². The molecule has 136 valence electrons. The Morgan fingerprint density at radius 2 is 0.923 bits per heavy atom. The third-order valence-corrected chi connectivity index (χ3v) is 7.08. The number of rotatable bonds is 3. The second-order valence-corrected chi connectivity index (χ2v) is 10.4. The van der Waals surface area contributed by atoms with Crippen molar-refractivity contribution in [1.82, 2.24) is 0 Å². The number of hydrogen-bond donors (Lipinski definition) is 0. The van der Waals surface area contributed by atoms with E-state index in [0.29, 0.717) is 0 Å². The lowest BCUT2D eigenvalue weighted by Crippen LogP contribution is -3.61. The van der Waals surface area contributed by atoms with E-state index in [4.69, 9.17) is 0 Å². The Labute approximate surface area is 166 Å². The Morgan fingerprint density at radius 1 is 0.615 bits per heavy atom. The van der Waals surface area contributed by atoms with Crippen molar-refractivity contribution in [1.29, 1.82) is 0 Å². The summed E-state index contributed by atoms with van der Waals surface area (Å²) in [6.07, 6.45) is 0. The van der Waals surface area contributed by atoms with Crippen molar-refractivity contribution in [2.24, 2.45) is 0 Å². The maximum Gasteiger partial charge on any atom is 0.357 e. The first-order valence-electron chi connectivity index (χ1n) is 8.05. The average Bonchev–Trinajstić information content (AvgIpc) is 2.59. The lowest BCUT2D eigenvalue weighted by atomic mass is 10.2. The van der Waals surface area contributed by atoms with Gasteiger partial charge in [0.1, 0.15) is 10.1 Å². The molecule has 26 heavy (non-hydrogen) atoms. The molecule has 5 heteroatoms. The van der Waals surface area contributed by atoms with Crippen molar-refractivity contribution < 1.29 is 34.2 Å². The second-order valence-electron chi connectivity index (χ2n) is 5.95. The first-order valence-corrected chi connectivity index (χ1v) is 11.6.